The van der Waals surface area contributed by atoms with E-state index in [1.807, 2.05) is 6.20 Å². The van der Waals surface area contributed by atoms with E-state index in [0.29, 0.717) is 24.7 Å². The molecule has 1 saturated carbocycles. The van der Waals surface area contributed by atoms with E-state index < -0.39 is 0 Å². The average molecular weight is 190 g/mol. The van der Waals surface area contributed by atoms with Gasteiger partial charge in [-0.25, -0.2) is 4.98 Å². The van der Waals surface area contributed by atoms with Crippen LogP contribution in [0.4, 0.5) is 0 Å². The second-order valence-electron chi connectivity index (χ2n) is 4.36. The Morgan fingerprint density at radius 2 is 2.21 bits per heavy atom. The molecular formula is C11H14N2O. The van der Waals surface area contributed by atoms with Gasteiger partial charge in [0.05, 0.1) is 6.54 Å². The summed E-state index contributed by atoms with van der Waals surface area (Å²) in [6.07, 6.45) is 7.38. The molecular weight excluding hydrogens is 176 g/mol. The highest BCUT2D eigenvalue weighted by Gasteiger charge is 2.27. The number of ketones is 1. The first-order valence-corrected chi connectivity index (χ1v) is 5.40. The summed E-state index contributed by atoms with van der Waals surface area (Å²) in [5, 5.41) is 0. The third-order valence-electron chi connectivity index (χ3n) is 3.43. The van der Waals surface area contributed by atoms with Crippen molar-refractivity contribution in [1.82, 2.24) is 9.55 Å². The predicted molar refractivity (Wildman–Crippen MR) is 52.1 cm³/mol. The van der Waals surface area contributed by atoms with E-state index >= 15 is 0 Å². The van der Waals surface area contributed by atoms with Gasteiger partial charge in [-0.2, -0.15) is 0 Å². The normalized spacial score (nSPS) is 21.9. The maximum atomic E-state index is 11.4. The minimum Gasteiger partial charge on any atom is -0.324 e. The Morgan fingerprint density at radius 1 is 1.36 bits per heavy atom. The highest BCUT2D eigenvalue weighted by Crippen LogP contribution is 2.36. The van der Waals surface area contributed by atoms with E-state index in [1.165, 1.54) is 30.8 Å². The second-order valence-corrected chi connectivity index (χ2v) is 4.36. The van der Waals surface area contributed by atoms with Gasteiger partial charge in [0.2, 0.25) is 0 Å². The van der Waals surface area contributed by atoms with E-state index in [0.717, 1.165) is 6.42 Å². The zero-order valence-electron chi connectivity index (χ0n) is 8.20. The highest BCUT2D eigenvalue weighted by atomic mass is 16.1. The molecule has 2 aliphatic rings. The van der Waals surface area contributed by atoms with Crippen LogP contribution < -0.4 is 0 Å². The summed E-state index contributed by atoms with van der Waals surface area (Å²) in [5.74, 6) is 2.16. The molecule has 0 amide bonds. The molecule has 0 spiro atoms. The molecule has 14 heavy (non-hydrogen) atoms. The van der Waals surface area contributed by atoms with Crippen LogP contribution in [0.1, 0.15) is 43.1 Å². The molecule has 0 atom stereocenters. The van der Waals surface area contributed by atoms with E-state index in [9.17, 15) is 4.79 Å². The topological polar surface area (TPSA) is 34.9 Å². The van der Waals surface area contributed by atoms with Crippen molar-refractivity contribution in [2.45, 2.75) is 44.6 Å². The quantitative estimate of drug-likeness (QED) is 0.675. The maximum Gasteiger partial charge on any atom is 0.152 e. The van der Waals surface area contributed by atoms with Crippen LogP contribution in [0.25, 0.3) is 0 Å². The molecule has 0 saturated heterocycles. The summed E-state index contributed by atoms with van der Waals surface area (Å²) < 4.78 is 2.15. The Kier molecular flexibility index (Phi) is 1.72. The number of hydrogen-bond donors (Lipinski definition) is 0. The molecule has 0 bridgehead atoms. The van der Waals surface area contributed by atoms with Crippen LogP contribution in [-0.2, 0) is 17.8 Å². The number of aryl methyl sites for hydroxylation is 1. The van der Waals surface area contributed by atoms with Gasteiger partial charge in [0, 0.05) is 24.2 Å². The second kappa shape index (κ2) is 2.94. The first-order valence-electron chi connectivity index (χ1n) is 5.40. The van der Waals surface area contributed by atoms with Crippen molar-refractivity contribution in [3.63, 3.8) is 0 Å². The summed E-state index contributed by atoms with van der Waals surface area (Å²) in [7, 11) is 0. The Bertz CT molecular complexity index is 377. The van der Waals surface area contributed by atoms with Crippen molar-refractivity contribution in [2.24, 2.45) is 0 Å². The Morgan fingerprint density at radius 3 is 2.93 bits per heavy atom. The Labute approximate surface area is 83.1 Å². The van der Waals surface area contributed by atoms with E-state index in [2.05, 4.69) is 9.55 Å². The molecule has 2 heterocycles. The summed E-state index contributed by atoms with van der Waals surface area (Å²) in [4.78, 5) is 15.8. The van der Waals surface area contributed by atoms with Gasteiger partial charge in [-0.3, -0.25) is 4.79 Å². The molecule has 1 aromatic rings. The SMILES string of the molecule is O=C1CCc2cnc(C3CCC3)n2C1. The molecule has 1 fully saturated rings. The minimum atomic E-state index is 0.357. The molecule has 0 radical (unpaired) electrons. The van der Waals surface area contributed by atoms with Gasteiger partial charge in [-0.05, 0) is 19.3 Å². The third kappa shape index (κ3) is 1.11. The molecule has 3 heteroatoms. The van der Waals surface area contributed by atoms with Crippen molar-refractivity contribution >= 4 is 5.78 Å². The molecule has 1 aromatic heterocycles. The van der Waals surface area contributed by atoms with Crippen molar-refractivity contribution in [3.05, 3.63) is 17.7 Å². The van der Waals surface area contributed by atoms with Crippen LogP contribution in [0.15, 0.2) is 6.20 Å². The minimum absolute atomic E-state index is 0.357. The smallest absolute Gasteiger partial charge is 0.152 e. The fourth-order valence-electron chi connectivity index (χ4n) is 2.32. The number of fused-ring (bicyclic) bond motifs is 1. The number of Topliss-reactive ketones (excluding diaryl/α,β-unsaturated/α-hetero) is 1. The van der Waals surface area contributed by atoms with Crippen molar-refractivity contribution < 1.29 is 4.79 Å². The van der Waals surface area contributed by atoms with Gasteiger partial charge in [-0.15, -0.1) is 0 Å². The zero-order valence-corrected chi connectivity index (χ0v) is 8.20. The van der Waals surface area contributed by atoms with E-state index in [4.69, 9.17) is 0 Å². The standard InChI is InChI=1S/C11H14N2O/c14-10-5-4-9-6-12-11(13(9)7-10)8-2-1-3-8/h6,8H,1-5,7H2. The van der Waals surface area contributed by atoms with Crippen LogP contribution in [0.2, 0.25) is 0 Å². The summed E-state index contributed by atoms with van der Waals surface area (Å²) in [5.41, 5.74) is 1.26. The molecule has 1 aliphatic heterocycles. The summed E-state index contributed by atoms with van der Waals surface area (Å²) >= 11 is 0. The fraction of sp³-hybridized carbons (Fsp3) is 0.636. The van der Waals surface area contributed by atoms with Crippen LogP contribution >= 0.6 is 0 Å². The van der Waals surface area contributed by atoms with Gasteiger partial charge in [0.25, 0.3) is 0 Å². The summed E-state index contributed by atoms with van der Waals surface area (Å²) in [6, 6.07) is 0. The number of aromatic nitrogens is 2. The van der Waals surface area contributed by atoms with Gasteiger partial charge in [0.15, 0.2) is 5.78 Å². The van der Waals surface area contributed by atoms with Crippen molar-refractivity contribution in [3.8, 4) is 0 Å². The van der Waals surface area contributed by atoms with E-state index in [1.54, 1.807) is 0 Å². The third-order valence-corrected chi connectivity index (χ3v) is 3.43. The highest BCUT2D eigenvalue weighted by molar-refractivity contribution is 5.79. The van der Waals surface area contributed by atoms with Crippen molar-refractivity contribution in [2.75, 3.05) is 0 Å². The zero-order chi connectivity index (χ0) is 9.54. The van der Waals surface area contributed by atoms with Gasteiger partial charge < -0.3 is 4.57 Å². The molecule has 3 rings (SSSR count). The lowest BCUT2D eigenvalue weighted by Crippen LogP contribution is -2.24. The lowest BCUT2D eigenvalue weighted by atomic mass is 9.84. The number of nitrogens with zero attached hydrogens (tertiary/aromatic N) is 2. The average Bonchev–Trinajstić information content (AvgIpc) is 2.46. The molecule has 0 N–H and O–H groups in total. The summed E-state index contributed by atoms with van der Waals surface area (Å²) in [6.45, 7) is 0.571. The maximum absolute atomic E-state index is 11.4. The van der Waals surface area contributed by atoms with Crippen LogP contribution in [0, 0.1) is 0 Å². The van der Waals surface area contributed by atoms with Gasteiger partial charge >= 0.3 is 0 Å². The van der Waals surface area contributed by atoms with Crippen LogP contribution in [0.5, 0.6) is 0 Å². The number of hydrogen-bond acceptors (Lipinski definition) is 2. The first-order chi connectivity index (χ1) is 6.84. The Hall–Kier alpha value is -1.12. The van der Waals surface area contributed by atoms with Crippen LogP contribution in [-0.4, -0.2) is 15.3 Å². The lowest BCUT2D eigenvalue weighted by Gasteiger charge is -2.27. The largest absolute Gasteiger partial charge is 0.324 e. The van der Waals surface area contributed by atoms with Crippen molar-refractivity contribution in [1.29, 1.82) is 0 Å². The fourth-order valence-corrected chi connectivity index (χ4v) is 2.32. The number of imidazole rings is 1. The molecule has 0 unspecified atom stereocenters. The number of carbonyl (C=O) groups excluding carboxylic acids is 1. The van der Waals surface area contributed by atoms with Gasteiger partial charge in [0.1, 0.15) is 5.82 Å². The molecule has 1 aliphatic carbocycles. The van der Waals surface area contributed by atoms with Gasteiger partial charge in [-0.1, -0.05) is 6.42 Å². The lowest BCUT2D eigenvalue weighted by molar-refractivity contribution is -0.120. The molecule has 3 nitrogen and oxygen atoms in total. The Balaban J connectivity index is 1.97. The first kappa shape index (κ1) is 8.21. The van der Waals surface area contributed by atoms with Crippen LogP contribution in [0.3, 0.4) is 0 Å². The monoisotopic (exact) mass is 190 g/mol. The molecule has 74 valence electrons. The predicted octanol–water partition coefficient (Wildman–Crippen LogP) is 1.67. The number of carbonyl (C=O) groups is 1. The molecule has 0 aromatic carbocycles. The number of rotatable bonds is 1. The van der Waals surface area contributed by atoms with E-state index in [-0.39, 0.29) is 0 Å².